The summed E-state index contributed by atoms with van der Waals surface area (Å²) in [5.41, 5.74) is 0.913. The molecule has 0 saturated heterocycles. The molecule has 0 aliphatic heterocycles. The first-order valence-electron chi connectivity index (χ1n) is 6.09. The highest BCUT2D eigenvalue weighted by Gasteiger charge is 2.24. The van der Waals surface area contributed by atoms with Crippen molar-refractivity contribution in [3.8, 4) is 0 Å². The summed E-state index contributed by atoms with van der Waals surface area (Å²) in [5, 5.41) is 3.21. The maximum Gasteiger partial charge on any atom is 0.126 e. The second-order valence-electron chi connectivity index (χ2n) is 5.00. The van der Waals surface area contributed by atoms with Crippen LogP contribution in [0.5, 0.6) is 0 Å². The van der Waals surface area contributed by atoms with Crippen LogP contribution in [0.15, 0.2) is 22.7 Å². The first-order chi connectivity index (χ1) is 8.00. The van der Waals surface area contributed by atoms with E-state index in [9.17, 15) is 4.39 Å². The van der Waals surface area contributed by atoms with Crippen LogP contribution in [0.4, 0.5) is 4.39 Å². The Bertz CT molecular complexity index is 359. The summed E-state index contributed by atoms with van der Waals surface area (Å²) in [5.74, 6) is -0.105. The Kier molecular flexibility index (Phi) is 5.60. The lowest BCUT2D eigenvalue weighted by atomic mass is 9.79. The van der Waals surface area contributed by atoms with Gasteiger partial charge in [-0.1, -0.05) is 36.2 Å². The van der Waals surface area contributed by atoms with Gasteiger partial charge in [-0.15, -0.1) is 0 Å². The van der Waals surface area contributed by atoms with Crippen molar-refractivity contribution in [2.24, 2.45) is 5.41 Å². The van der Waals surface area contributed by atoms with E-state index in [-0.39, 0.29) is 11.2 Å². The van der Waals surface area contributed by atoms with E-state index < -0.39 is 0 Å². The van der Waals surface area contributed by atoms with Gasteiger partial charge in [0, 0.05) is 11.0 Å². The number of benzene rings is 1. The monoisotopic (exact) mass is 301 g/mol. The predicted molar refractivity (Wildman–Crippen MR) is 74.7 cm³/mol. The molecule has 0 heterocycles. The summed E-state index contributed by atoms with van der Waals surface area (Å²) in [4.78, 5) is 0. The van der Waals surface area contributed by atoms with Crippen molar-refractivity contribution in [2.75, 3.05) is 13.6 Å². The third kappa shape index (κ3) is 4.40. The molecule has 3 heteroatoms. The standard InChI is InChI=1S/C14H21BrFN/c1-4-7-14(2,10-17-3)9-11-8-12(15)5-6-13(11)16/h5-6,8,17H,4,7,9-10H2,1-3H3. The molecule has 0 saturated carbocycles. The second kappa shape index (κ2) is 6.50. The maximum atomic E-state index is 13.7. The SMILES string of the molecule is CCCC(C)(CNC)Cc1cc(Br)ccc1F. The van der Waals surface area contributed by atoms with Gasteiger partial charge in [-0.05, 0) is 49.1 Å². The molecule has 1 nitrogen and oxygen atoms in total. The largest absolute Gasteiger partial charge is 0.319 e. The molecule has 0 radical (unpaired) electrons. The Labute approximate surface area is 112 Å². The Morgan fingerprint density at radius 1 is 1.41 bits per heavy atom. The van der Waals surface area contributed by atoms with E-state index in [1.54, 1.807) is 6.07 Å². The lowest BCUT2D eigenvalue weighted by molar-refractivity contribution is 0.279. The Hall–Kier alpha value is -0.410. The van der Waals surface area contributed by atoms with Crippen molar-refractivity contribution in [1.29, 1.82) is 0 Å². The Morgan fingerprint density at radius 3 is 2.71 bits per heavy atom. The molecule has 96 valence electrons. The van der Waals surface area contributed by atoms with Crippen LogP contribution >= 0.6 is 15.9 Å². The molecule has 0 fully saturated rings. The van der Waals surface area contributed by atoms with Gasteiger partial charge >= 0.3 is 0 Å². The molecule has 1 rings (SSSR count). The van der Waals surface area contributed by atoms with E-state index in [0.29, 0.717) is 0 Å². The fraction of sp³-hybridized carbons (Fsp3) is 0.571. The van der Waals surface area contributed by atoms with Crippen LogP contribution < -0.4 is 5.32 Å². The number of halogens is 2. The first kappa shape index (κ1) is 14.7. The predicted octanol–water partition coefficient (Wildman–Crippen LogP) is 4.16. The number of hydrogen-bond donors (Lipinski definition) is 1. The van der Waals surface area contributed by atoms with Crippen LogP contribution in [0, 0.1) is 11.2 Å². The van der Waals surface area contributed by atoms with Crippen molar-refractivity contribution in [2.45, 2.75) is 33.1 Å². The summed E-state index contributed by atoms with van der Waals surface area (Å²) in [7, 11) is 1.95. The lowest BCUT2D eigenvalue weighted by Crippen LogP contribution is -2.32. The van der Waals surface area contributed by atoms with Gasteiger partial charge in [0.25, 0.3) is 0 Å². The molecule has 0 bridgehead atoms. The molecule has 1 unspecified atom stereocenters. The van der Waals surface area contributed by atoms with E-state index in [1.165, 1.54) is 6.07 Å². The van der Waals surface area contributed by atoms with Crippen LogP contribution in [0.2, 0.25) is 0 Å². The topological polar surface area (TPSA) is 12.0 Å². The molecule has 0 aliphatic rings. The zero-order valence-corrected chi connectivity index (χ0v) is 12.4. The van der Waals surface area contributed by atoms with Crippen molar-refractivity contribution in [3.63, 3.8) is 0 Å². The molecule has 17 heavy (non-hydrogen) atoms. The fourth-order valence-electron chi connectivity index (χ4n) is 2.41. The van der Waals surface area contributed by atoms with E-state index in [0.717, 1.165) is 35.8 Å². The van der Waals surface area contributed by atoms with E-state index in [1.807, 2.05) is 13.1 Å². The van der Waals surface area contributed by atoms with Gasteiger partial charge in [-0.2, -0.15) is 0 Å². The zero-order chi connectivity index (χ0) is 12.9. The summed E-state index contributed by atoms with van der Waals surface area (Å²) in [6.07, 6.45) is 2.99. The summed E-state index contributed by atoms with van der Waals surface area (Å²) < 4.78 is 14.7. The van der Waals surface area contributed by atoms with Crippen molar-refractivity contribution < 1.29 is 4.39 Å². The molecule has 0 spiro atoms. The molecule has 0 aliphatic carbocycles. The average Bonchev–Trinajstić information content (AvgIpc) is 2.24. The van der Waals surface area contributed by atoms with Crippen LogP contribution in [0.1, 0.15) is 32.3 Å². The smallest absolute Gasteiger partial charge is 0.126 e. The lowest BCUT2D eigenvalue weighted by Gasteiger charge is -2.29. The van der Waals surface area contributed by atoms with Gasteiger partial charge in [-0.25, -0.2) is 4.39 Å². The highest BCUT2D eigenvalue weighted by Crippen LogP contribution is 2.29. The van der Waals surface area contributed by atoms with E-state index in [4.69, 9.17) is 0 Å². The summed E-state index contributed by atoms with van der Waals surface area (Å²) in [6.45, 7) is 5.30. The molecule has 0 aromatic heterocycles. The molecule has 1 N–H and O–H groups in total. The molecule has 1 aromatic carbocycles. The van der Waals surface area contributed by atoms with Crippen LogP contribution in [-0.4, -0.2) is 13.6 Å². The van der Waals surface area contributed by atoms with Gasteiger partial charge in [0.1, 0.15) is 5.82 Å². The van der Waals surface area contributed by atoms with Gasteiger partial charge in [0.2, 0.25) is 0 Å². The highest BCUT2D eigenvalue weighted by molar-refractivity contribution is 9.10. The normalized spacial score (nSPS) is 14.6. The number of nitrogens with one attached hydrogen (secondary N) is 1. The third-order valence-electron chi connectivity index (χ3n) is 3.08. The molecular formula is C14H21BrFN. The average molecular weight is 302 g/mol. The van der Waals surface area contributed by atoms with E-state index in [2.05, 4.69) is 35.1 Å². The number of rotatable bonds is 6. The van der Waals surface area contributed by atoms with Crippen LogP contribution in [0.3, 0.4) is 0 Å². The molecular weight excluding hydrogens is 281 g/mol. The van der Waals surface area contributed by atoms with Crippen molar-refractivity contribution in [1.82, 2.24) is 5.32 Å². The third-order valence-corrected chi connectivity index (χ3v) is 3.58. The second-order valence-corrected chi connectivity index (χ2v) is 5.92. The van der Waals surface area contributed by atoms with Gasteiger partial charge in [-0.3, -0.25) is 0 Å². The minimum atomic E-state index is -0.105. The van der Waals surface area contributed by atoms with Crippen LogP contribution in [-0.2, 0) is 6.42 Å². The first-order valence-corrected chi connectivity index (χ1v) is 6.88. The highest BCUT2D eigenvalue weighted by atomic mass is 79.9. The maximum absolute atomic E-state index is 13.7. The number of hydrogen-bond acceptors (Lipinski definition) is 1. The molecule has 1 aromatic rings. The zero-order valence-electron chi connectivity index (χ0n) is 10.8. The van der Waals surface area contributed by atoms with Crippen LogP contribution in [0.25, 0.3) is 0 Å². The minimum absolute atomic E-state index is 0.105. The fourth-order valence-corrected chi connectivity index (χ4v) is 2.82. The van der Waals surface area contributed by atoms with Gasteiger partial charge in [0.15, 0.2) is 0 Å². The van der Waals surface area contributed by atoms with Crippen molar-refractivity contribution >= 4 is 15.9 Å². The Morgan fingerprint density at radius 2 is 2.12 bits per heavy atom. The summed E-state index contributed by atoms with van der Waals surface area (Å²) >= 11 is 3.40. The van der Waals surface area contributed by atoms with E-state index >= 15 is 0 Å². The Balaban J connectivity index is 2.88. The molecule has 1 atom stereocenters. The van der Waals surface area contributed by atoms with Gasteiger partial charge < -0.3 is 5.32 Å². The summed E-state index contributed by atoms with van der Waals surface area (Å²) in [6, 6.07) is 5.16. The molecule has 0 amide bonds. The van der Waals surface area contributed by atoms with Crippen molar-refractivity contribution in [3.05, 3.63) is 34.1 Å². The minimum Gasteiger partial charge on any atom is -0.319 e. The van der Waals surface area contributed by atoms with Gasteiger partial charge in [0.05, 0.1) is 0 Å². The quantitative estimate of drug-likeness (QED) is 0.832.